The minimum Gasteiger partial charge on any atom is -0.469 e. The van der Waals surface area contributed by atoms with E-state index in [0.29, 0.717) is 13.0 Å². The minimum absolute atomic E-state index is 0.0570. The average molecular weight is 312 g/mol. The van der Waals surface area contributed by atoms with Crippen LogP contribution in [-0.4, -0.2) is 44.8 Å². The Bertz CT molecular complexity index is 477. The van der Waals surface area contributed by atoms with Crippen molar-refractivity contribution in [1.82, 2.24) is 10.6 Å². The highest BCUT2D eigenvalue weighted by atomic mass is 32.1. The van der Waals surface area contributed by atoms with E-state index in [4.69, 9.17) is 9.47 Å². The number of nitrogens with one attached hydrogen (secondary N) is 2. The third-order valence-corrected chi connectivity index (χ3v) is 4.53. The molecule has 0 saturated carbocycles. The molecule has 1 fully saturated rings. The number of hydrogen-bond donors (Lipinski definition) is 2. The summed E-state index contributed by atoms with van der Waals surface area (Å²) >= 11 is 1.51. The first-order chi connectivity index (χ1) is 10.1. The quantitative estimate of drug-likeness (QED) is 0.762. The Morgan fingerprint density at radius 1 is 1.52 bits per heavy atom. The van der Waals surface area contributed by atoms with Gasteiger partial charge in [0, 0.05) is 18.5 Å². The van der Waals surface area contributed by atoms with Gasteiger partial charge >= 0.3 is 5.97 Å². The SMILES string of the molecule is COC(=O)CC(NC(=O)C1CC(OC)CN1)c1cccs1. The Kier molecular flexibility index (Phi) is 5.72. The molecule has 2 heterocycles. The zero-order valence-corrected chi connectivity index (χ0v) is 12.9. The fourth-order valence-electron chi connectivity index (χ4n) is 2.32. The molecule has 3 atom stereocenters. The van der Waals surface area contributed by atoms with Crippen LogP contribution in [0.4, 0.5) is 0 Å². The van der Waals surface area contributed by atoms with E-state index >= 15 is 0 Å². The van der Waals surface area contributed by atoms with E-state index in [1.807, 2.05) is 17.5 Å². The Balaban J connectivity index is 1.98. The van der Waals surface area contributed by atoms with E-state index < -0.39 is 0 Å². The van der Waals surface area contributed by atoms with E-state index in [2.05, 4.69) is 10.6 Å². The average Bonchev–Trinajstić information content (AvgIpc) is 3.17. The smallest absolute Gasteiger partial charge is 0.307 e. The first-order valence-electron chi connectivity index (χ1n) is 6.80. The molecule has 1 aromatic rings. The van der Waals surface area contributed by atoms with Crippen molar-refractivity contribution >= 4 is 23.2 Å². The summed E-state index contributed by atoms with van der Waals surface area (Å²) in [5.74, 6) is -0.459. The lowest BCUT2D eigenvalue weighted by atomic mass is 10.1. The lowest BCUT2D eigenvalue weighted by Crippen LogP contribution is -2.42. The second-order valence-electron chi connectivity index (χ2n) is 4.91. The maximum Gasteiger partial charge on any atom is 0.307 e. The van der Waals surface area contributed by atoms with Gasteiger partial charge in [0.2, 0.25) is 5.91 Å². The number of hydrogen-bond acceptors (Lipinski definition) is 6. The fraction of sp³-hybridized carbons (Fsp3) is 0.571. The fourth-order valence-corrected chi connectivity index (χ4v) is 3.10. The van der Waals surface area contributed by atoms with Gasteiger partial charge in [0.25, 0.3) is 0 Å². The van der Waals surface area contributed by atoms with E-state index in [9.17, 15) is 9.59 Å². The molecule has 0 bridgehead atoms. The maximum atomic E-state index is 12.3. The number of methoxy groups -OCH3 is 2. The van der Waals surface area contributed by atoms with Crippen LogP contribution in [0.2, 0.25) is 0 Å². The monoisotopic (exact) mass is 312 g/mol. The van der Waals surface area contributed by atoms with Crippen molar-refractivity contribution in [2.24, 2.45) is 0 Å². The molecule has 1 amide bonds. The second kappa shape index (κ2) is 7.53. The van der Waals surface area contributed by atoms with Crippen molar-refractivity contribution in [2.75, 3.05) is 20.8 Å². The molecule has 0 aromatic carbocycles. The maximum absolute atomic E-state index is 12.3. The van der Waals surface area contributed by atoms with Gasteiger partial charge in [0.1, 0.15) is 0 Å². The molecular weight excluding hydrogens is 292 g/mol. The third-order valence-electron chi connectivity index (χ3n) is 3.54. The minimum atomic E-state index is -0.353. The Hall–Kier alpha value is -1.44. The van der Waals surface area contributed by atoms with Crippen LogP contribution in [0.3, 0.4) is 0 Å². The van der Waals surface area contributed by atoms with Gasteiger partial charge in [-0.15, -0.1) is 11.3 Å². The van der Waals surface area contributed by atoms with Crippen molar-refractivity contribution < 1.29 is 19.1 Å². The molecule has 0 aliphatic carbocycles. The Morgan fingerprint density at radius 2 is 2.33 bits per heavy atom. The van der Waals surface area contributed by atoms with E-state index in [1.165, 1.54) is 18.4 Å². The van der Waals surface area contributed by atoms with Crippen LogP contribution in [0.5, 0.6) is 0 Å². The van der Waals surface area contributed by atoms with Gasteiger partial charge in [0.05, 0.1) is 31.7 Å². The number of rotatable bonds is 6. The summed E-state index contributed by atoms with van der Waals surface area (Å²) in [6.45, 7) is 0.662. The van der Waals surface area contributed by atoms with Crippen LogP contribution in [0.15, 0.2) is 17.5 Å². The highest BCUT2D eigenvalue weighted by Gasteiger charge is 2.31. The molecule has 1 aromatic heterocycles. The lowest BCUT2D eigenvalue weighted by Gasteiger charge is -2.19. The van der Waals surface area contributed by atoms with Gasteiger partial charge in [-0.1, -0.05) is 6.07 Å². The standard InChI is InChI=1S/C14H20N2O4S/c1-19-9-6-11(15-8-9)14(18)16-10(7-13(17)20-2)12-4-3-5-21-12/h3-5,9-11,15H,6-8H2,1-2H3,(H,16,18). The van der Waals surface area contributed by atoms with Crippen molar-refractivity contribution in [1.29, 1.82) is 0 Å². The molecule has 1 aliphatic rings. The molecule has 7 heteroatoms. The molecule has 21 heavy (non-hydrogen) atoms. The van der Waals surface area contributed by atoms with Crippen molar-refractivity contribution in [3.8, 4) is 0 Å². The highest BCUT2D eigenvalue weighted by molar-refractivity contribution is 7.10. The highest BCUT2D eigenvalue weighted by Crippen LogP contribution is 2.23. The van der Waals surface area contributed by atoms with Crippen LogP contribution in [-0.2, 0) is 19.1 Å². The van der Waals surface area contributed by atoms with Crippen LogP contribution in [0, 0.1) is 0 Å². The van der Waals surface area contributed by atoms with Crippen molar-refractivity contribution in [2.45, 2.75) is 31.0 Å². The Morgan fingerprint density at radius 3 is 2.90 bits per heavy atom. The van der Waals surface area contributed by atoms with Gasteiger partial charge in [-0.25, -0.2) is 0 Å². The first kappa shape index (κ1) is 15.9. The van der Waals surface area contributed by atoms with E-state index in [-0.39, 0.29) is 36.5 Å². The number of ether oxygens (including phenoxy) is 2. The predicted molar refractivity (Wildman–Crippen MR) is 79.0 cm³/mol. The number of thiophene rings is 1. The summed E-state index contributed by atoms with van der Waals surface area (Å²) in [6, 6.07) is 3.16. The largest absolute Gasteiger partial charge is 0.469 e. The molecule has 0 radical (unpaired) electrons. The molecule has 116 valence electrons. The summed E-state index contributed by atoms with van der Waals surface area (Å²) in [4.78, 5) is 24.8. The predicted octanol–water partition coefficient (Wildman–Crippen LogP) is 0.845. The van der Waals surface area contributed by atoms with Crippen LogP contribution < -0.4 is 10.6 Å². The molecule has 6 nitrogen and oxygen atoms in total. The summed E-state index contributed by atoms with van der Waals surface area (Å²) in [7, 11) is 2.98. The number of carbonyl (C=O) groups is 2. The molecule has 1 aliphatic heterocycles. The Labute approximate surface area is 127 Å². The van der Waals surface area contributed by atoms with Crippen molar-refractivity contribution in [3.05, 3.63) is 22.4 Å². The number of esters is 1. The normalized spacial score (nSPS) is 22.8. The molecule has 2 rings (SSSR count). The van der Waals surface area contributed by atoms with E-state index in [1.54, 1.807) is 7.11 Å². The van der Waals surface area contributed by atoms with Gasteiger partial charge in [0.15, 0.2) is 0 Å². The second-order valence-corrected chi connectivity index (χ2v) is 5.89. The summed E-state index contributed by atoms with van der Waals surface area (Å²) in [6.07, 6.45) is 0.822. The van der Waals surface area contributed by atoms with Crippen molar-refractivity contribution in [3.63, 3.8) is 0 Å². The van der Waals surface area contributed by atoms with Crippen LogP contribution >= 0.6 is 11.3 Å². The number of carbonyl (C=O) groups excluding carboxylic acids is 2. The third kappa shape index (κ3) is 4.26. The summed E-state index contributed by atoms with van der Waals surface area (Å²) in [5, 5.41) is 7.97. The van der Waals surface area contributed by atoms with Gasteiger partial charge in [-0.3, -0.25) is 9.59 Å². The molecular formula is C14H20N2O4S. The first-order valence-corrected chi connectivity index (χ1v) is 7.68. The zero-order valence-electron chi connectivity index (χ0n) is 12.1. The van der Waals surface area contributed by atoms with Crippen LogP contribution in [0.25, 0.3) is 0 Å². The van der Waals surface area contributed by atoms with Gasteiger partial charge < -0.3 is 20.1 Å². The topological polar surface area (TPSA) is 76.7 Å². The van der Waals surface area contributed by atoms with E-state index in [0.717, 1.165) is 4.88 Å². The zero-order chi connectivity index (χ0) is 15.2. The summed E-state index contributed by atoms with van der Waals surface area (Å²) in [5.41, 5.74) is 0. The molecule has 3 unspecified atom stereocenters. The molecule has 2 N–H and O–H groups in total. The summed E-state index contributed by atoms with van der Waals surface area (Å²) < 4.78 is 9.94. The van der Waals surface area contributed by atoms with Gasteiger partial charge in [-0.05, 0) is 17.9 Å². The number of amides is 1. The lowest BCUT2D eigenvalue weighted by molar-refractivity contribution is -0.141. The van der Waals surface area contributed by atoms with Gasteiger partial charge in [-0.2, -0.15) is 0 Å². The molecule has 0 spiro atoms. The van der Waals surface area contributed by atoms with Crippen LogP contribution in [0.1, 0.15) is 23.8 Å². The molecule has 1 saturated heterocycles.